The summed E-state index contributed by atoms with van der Waals surface area (Å²) in [6.07, 6.45) is 0. The van der Waals surface area contributed by atoms with Crippen LogP contribution in [-0.4, -0.2) is 27.9 Å². The van der Waals surface area contributed by atoms with Crippen molar-refractivity contribution in [2.45, 2.75) is 0 Å². The SMILES string of the molecule is Cn1c(N)c(C(=O)COC(=O)c2ccc(Br)cc2)c(=O)[nH]c1=O. The Morgan fingerprint density at radius 3 is 2.48 bits per heavy atom. The van der Waals surface area contributed by atoms with Gasteiger partial charge >= 0.3 is 11.7 Å². The largest absolute Gasteiger partial charge is 0.454 e. The van der Waals surface area contributed by atoms with E-state index in [1.165, 1.54) is 19.2 Å². The number of rotatable bonds is 4. The van der Waals surface area contributed by atoms with Crippen LogP contribution in [0.3, 0.4) is 0 Å². The molecule has 1 aromatic heterocycles. The molecule has 0 saturated heterocycles. The van der Waals surface area contributed by atoms with Gasteiger partial charge in [-0.2, -0.15) is 0 Å². The first-order chi connectivity index (χ1) is 10.8. The third-order valence-electron chi connectivity index (χ3n) is 3.06. The molecular weight excluding hydrogens is 370 g/mol. The lowest BCUT2D eigenvalue weighted by molar-refractivity contribution is 0.0474. The summed E-state index contributed by atoms with van der Waals surface area (Å²) in [7, 11) is 1.30. The lowest BCUT2D eigenvalue weighted by Gasteiger charge is -2.08. The Morgan fingerprint density at radius 1 is 1.26 bits per heavy atom. The number of hydrogen-bond donors (Lipinski definition) is 2. The van der Waals surface area contributed by atoms with Gasteiger partial charge < -0.3 is 10.5 Å². The number of nitrogens with one attached hydrogen (secondary N) is 1. The predicted molar refractivity (Wildman–Crippen MR) is 85.5 cm³/mol. The number of anilines is 1. The van der Waals surface area contributed by atoms with Gasteiger partial charge in [0.05, 0.1) is 5.56 Å². The van der Waals surface area contributed by atoms with Gasteiger partial charge in [-0.15, -0.1) is 0 Å². The molecule has 0 bridgehead atoms. The first-order valence-corrected chi connectivity index (χ1v) is 7.15. The van der Waals surface area contributed by atoms with E-state index in [-0.39, 0.29) is 11.4 Å². The molecule has 0 saturated carbocycles. The highest BCUT2D eigenvalue weighted by molar-refractivity contribution is 9.10. The van der Waals surface area contributed by atoms with Crippen LogP contribution in [0.5, 0.6) is 0 Å². The van der Waals surface area contributed by atoms with Gasteiger partial charge in [0, 0.05) is 11.5 Å². The van der Waals surface area contributed by atoms with Crippen molar-refractivity contribution in [3.63, 3.8) is 0 Å². The van der Waals surface area contributed by atoms with Crippen LogP contribution < -0.4 is 17.0 Å². The van der Waals surface area contributed by atoms with Crippen LogP contribution in [-0.2, 0) is 11.8 Å². The van der Waals surface area contributed by atoms with Gasteiger partial charge in [-0.3, -0.25) is 19.1 Å². The molecule has 0 aliphatic heterocycles. The number of aromatic amines is 1. The number of H-pyrrole nitrogens is 1. The van der Waals surface area contributed by atoms with Crippen molar-refractivity contribution in [2.75, 3.05) is 12.3 Å². The zero-order chi connectivity index (χ0) is 17.1. The maximum atomic E-state index is 12.0. The number of hydrogen-bond acceptors (Lipinski definition) is 6. The van der Waals surface area contributed by atoms with E-state index in [9.17, 15) is 19.2 Å². The van der Waals surface area contributed by atoms with Crippen LogP contribution >= 0.6 is 15.9 Å². The lowest BCUT2D eigenvalue weighted by atomic mass is 10.2. The Bertz CT molecular complexity index is 883. The van der Waals surface area contributed by atoms with Gasteiger partial charge in [-0.1, -0.05) is 15.9 Å². The second kappa shape index (κ2) is 6.61. The van der Waals surface area contributed by atoms with Crippen molar-refractivity contribution in [2.24, 2.45) is 7.05 Å². The quantitative estimate of drug-likeness (QED) is 0.585. The van der Waals surface area contributed by atoms with Crippen molar-refractivity contribution in [3.05, 3.63) is 60.7 Å². The summed E-state index contributed by atoms with van der Waals surface area (Å²) in [4.78, 5) is 48.9. The zero-order valence-corrected chi connectivity index (χ0v) is 13.5. The molecule has 2 rings (SSSR count). The van der Waals surface area contributed by atoms with E-state index in [2.05, 4.69) is 15.9 Å². The Kier molecular flexibility index (Phi) is 4.80. The molecule has 0 radical (unpaired) electrons. The van der Waals surface area contributed by atoms with Gasteiger partial charge in [-0.25, -0.2) is 9.59 Å². The molecule has 0 amide bonds. The Morgan fingerprint density at radius 2 is 1.87 bits per heavy atom. The molecule has 1 heterocycles. The molecule has 9 heteroatoms. The summed E-state index contributed by atoms with van der Waals surface area (Å²) in [5.74, 6) is -1.81. The maximum absolute atomic E-state index is 12.0. The number of halogens is 1. The molecule has 0 unspecified atom stereocenters. The first kappa shape index (κ1) is 16.7. The summed E-state index contributed by atoms with van der Waals surface area (Å²) >= 11 is 3.23. The van der Waals surface area contributed by atoms with Gasteiger partial charge in [0.15, 0.2) is 6.61 Å². The molecule has 0 aliphatic rings. The summed E-state index contributed by atoms with van der Waals surface area (Å²) in [5, 5.41) is 0. The standard InChI is InChI=1S/C14H12BrN3O5/c1-18-11(16)10(12(20)17-14(18)22)9(19)6-23-13(21)7-2-4-8(15)5-3-7/h2-5H,6,16H2,1H3,(H,17,20,22). The minimum absolute atomic E-state index is 0.253. The zero-order valence-electron chi connectivity index (χ0n) is 12.0. The van der Waals surface area contributed by atoms with Crippen LogP contribution in [0.15, 0.2) is 38.3 Å². The number of carbonyl (C=O) groups excluding carboxylic acids is 2. The van der Waals surface area contributed by atoms with Gasteiger partial charge in [0.2, 0.25) is 5.78 Å². The molecule has 0 fully saturated rings. The Balaban J connectivity index is 2.16. The van der Waals surface area contributed by atoms with Crippen molar-refractivity contribution in [3.8, 4) is 0 Å². The predicted octanol–water partition coefficient (Wildman–Crippen LogP) is 0.458. The average Bonchev–Trinajstić information content (AvgIpc) is 2.51. The molecule has 120 valence electrons. The highest BCUT2D eigenvalue weighted by atomic mass is 79.9. The number of nitrogens with zero attached hydrogens (tertiary/aromatic N) is 1. The van der Waals surface area contributed by atoms with Crippen LogP contribution in [0.25, 0.3) is 0 Å². The van der Waals surface area contributed by atoms with E-state index in [1.54, 1.807) is 12.1 Å². The normalized spacial score (nSPS) is 10.3. The molecule has 1 aromatic carbocycles. The minimum Gasteiger partial charge on any atom is -0.454 e. The third kappa shape index (κ3) is 3.57. The Labute approximate surface area is 138 Å². The molecule has 0 atom stereocenters. The number of nitrogen functional groups attached to an aromatic ring is 1. The molecule has 8 nitrogen and oxygen atoms in total. The highest BCUT2D eigenvalue weighted by Crippen LogP contribution is 2.11. The number of nitrogens with two attached hydrogens (primary N) is 1. The second-order valence-corrected chi connectivity index (χ2v) is 5.50. The van der Waals surface area contributed by atoms with Crippen LogP contribution in [0.4, 0.5) is 5.82 Å². The molecule has 23 heavy (non-hydrogen) atoms. The molecule has 3 N–H and O–H groups in total. The minimum atomic E-state index is -0.921. The molecule has 0 spiro atoms. The van der Waals surface area contributed by atoms with Gasteiger partial charge in [-0.05, 0) is 24.3 Å². The van der Waals surface area contributed by atoms with Gasteiger partial charge in [0.25, 0.3) is 5.56 Å². The average molecular weight is 382 g/mol. The van der Waals surface area contributed by atoms with E-state index < -0.39 is 35.2 Å². The number of ketones is 1. The number of carbonyl (C=O) groups is 2. The van der Waals surface area contributed by atoms with Crippen molar-refractivity contribution < 1.29 is 14.3 Å². The maximum Gasteiger partial charge on any atom is 0.338 e. The molecular formula is C14H12BrN3O5. The van der Waals surface area contributed by atoms with Gasteiger partial charge in [0.1, 0.15) is 11.4 Å². The fourth-order valence-corrected chi connectivity index (χ4v) is 2.04. The molecule has 2 aromatic rings. The number of ether oxygens (including phenoxy) is 1. The van der Waals surface area contributed by atoms with Crippen molar-refractivity contribution in [1.82, 2.24) is 9.55 Å². The second-order valence-electron chi connectivity index (χ2n) is 4.58. The van der Waals surface area contributed by atoms with E-state index in [4.69, 9.17) is 10.5 Å². The topological polar surface area (TPSA) is 124 Å². The highest BCUT2D eigenvalue weighted by Gasteiger charge is 2.19. The monoisotopic (exact) mass is 381 g/mol. The van der Waals surface area contributed by atoms with Crippen LogP contribution in [0.1, 0.15) is 20.7 Å². The van der Waals surface area contributed by atoms with Crippen LogP contribution in [0, 0.1) is 0 Å². The van der Waals surface area contributed by atoms with E-state index >= 15 is 0 Å². The summed E-state index contributed by atoms with van der Waals surface area (Å²) in [6.45, 7) is -0.666. The van der Waals surface area contributed by atoms with Crippen molar-refractivity contribution in [1.29, 1.82) is 0 Å². The number of Topliss-reactive ketones (excluding diaryl/α,β-unsaturated/α-hetero) is 1. The third-order valence-corrected chi connectivity index (χ3v) is 3.59. The summed E-state index contributed by atoms with van der Waals surface area (Å²) < 4.78 is 6.57. The summed E-state index contributed by atoms with van der Waals surface area (Å²) in [5.41, 5.74) is 3.77. The lowest BCUT2D eigenvalue weighted by Crippen LogP contribution is -2.35. The van der Waals surface area contributed by atoms with Crippen molar-refractivity contribution >= 4 is 33.5 Å². The summed E-state index contributed by atoms with van der Waals surface area (Å²) in [6, 6.07) is 6.33. The number of aromatic nitrogens is 2. The number of benzene rings is 1. The van der Waals surface area contributed by atoms with E-state index in [0.29, 0.717) is 0 Å². The number of esters is 1. The smallest absolute Gasteiger partial charge is 0.338 e. The van der Waals surface area contributed by atoms with E-state index in [0.717, 1.165) is 9.04 Å². The molecule has 0 aliphatic carbocycles. The van der Waals surface area contributed by atoms with Crippen LogP contribution in [0.2, 0.25) is 0 Å². The fourth-order valence-electron chi connectivity index (χ4n) is 1.78. The van der Waals surface area contributed by atoms with E-state index in [1.807, 2.05) is 4.98 Å². The fraction of sp³-hybridized carbons (Fsp3) is 0.143. The Hall–Kier alpha value is -2.68. The first-order valence-electron chi connectivity index (χ1n) is 6.36.